The number of rotatable bonds is 2. The van der Waals surface area contributed by atoms with E-state index in [1.807, 2.05) is 6.07 Å². The Balaban J connectivity index is 2.10. The number of aliphatic hydroxyl groups is 1. The van der Waals surface area contributed by atoms with Crippen LogP contribution in [-0.4, -0.2) is 17.3 Å². The van der Waals surface area contributed by atoms with Gasteiger partial charge in [-0.2, -0.15) is 0 Å². The Bertz CT molecular complexity index is 380. The first kappa shape index (κ1) is 12.4. The number of hydrogen-bond acceptors (Lipinski definition) is 2. The predicted octanol–water partition coefficient (Wildman–Crippen LogP) is 3.24. The molecule has 0 amide bonds. The van der Waals surface area contributed by atoms with E-state index in [0.717, 1.165) is 31.4 Å². The molecule has 2 unspecified atom stereocenters. The molecule has 17 heavy (non-hydrogen) atoms. The highest BCUT2D eigenvalue weighted by Crippen LogP contribution is 2.24. The molecule has 94 valence electrons. The van der Waals surface area contributed by atoms with Gasteiger partial charge in [-0.3, -0.25) is 0 Å². The molecular weight excluding hydrogens is 217 g/mol. The lowest BCUT2D eigenvalue weighted by atomic mass is 10.0. The first-order valence-corrected chi connectivity index (χ1v) is 6.38. The standard InChI is InChI=1S/C14H20FNO/c1-10-11(15)6-5-8-12(10)16-13-7-3-2-4-9-14(13)17/h5-6,8,13-14,16-17H,2-4,7,9H2,1H3. The third kappa shape index (κ3) is 2.97. The molecule has 1 aliphatic rings. The van der Waals surface area contributed by atoms with Gasteiger partial charge in [-0.25, -0.2) is 4.39 Å². The fourth-order valence-corrected chi connectivity index (χ4v) is 2.42. The van der Waals surface area contributed by atoms with Gasteiger partial charge in [0, 0.05) is 11.3 Å². The average molecular weight is 237 g/mol. The zero-order chi connectivity index (χ0) is 12.3. The summed E-state index contributed by atoms with van der Waals surface area (Å²) in [7, 11) is 0. The number of anilines is 1. The van der Waals surface area contributed by atoms with Crippen molar-refractivity contribution in [2.75, 3.05) is 5.32 Å². The van der Waals surface area contributed by atoms with Crippen LogP contribution in [0.15, 0.2) is 18.2 Å². The summed E-state index contributed by atoms with van der Waals surface area (Å²) in [5.41, 5.74) is 1.43. The highest BCUT2D eigenvalue weighted by molar-refractivity contribution is 5.51. The largest absolute Gasteiger partial charge is 0.391 e. The summed E-state index contributed by atoms with van der Waals surface area (Å²) in [4.78, 5) is 0. The maximum absolute atomic E-state index is 13.4. The van der Waals surface area contributed by atoms with E-state index < -0.39 is 0 Å². The summed E-state index contributed by atoms with van der Waals surface area (Å²) >= 11 is 0. The van der Waals surface area contributed by atoms with Crippen molar-refractivity contribution in [2.45, 2.75) is 51.2 Å². The summed E-state index contributed by atoms with van der Waals surface area (Å²) < 4.78 is 13.4. The highest BCUT2D eigenvalue weighted by atomic mass is 19.1. The van der Waals surface area contributed by atoms with Crippen LogP contribution in [0.5, 0.6) is 0 Å². The lowest BCUT2D eigenvalue weighted by Gasteiger charge is -2.24. The van der Waals surface area contributed by atoms with Crippen LogP contribution in [0.4, 0.5) is 10.1 Å². The first-order valence-electron chi connectivity index (χ1n) is 6.38. The number of hydrogen-bond donors (Lipinski definition) is 2. The second-order valence-electron chi connectivity index (χ2n) is 4.87. The summed E-state index contributed by atoms with van der Waals surface area (Å²) in [5, 5.41) is 13.3. The number of halogens is 1. The van der Waals surface area contributed by atoms with Gasteiger partial charge in [0.05, 0.1) is 12.1 Å². The van der Waals surface area contributed by atoms with E-state index in [1.165, 1.54) is 12.5 Å². The Hall–Kier alpha value is -1.09. The van der Waals surface area contributed by atoms with Crippen molar-refractivity contribution in [1.29, 1.82) is 0 Å². The molecule has 3 heteroatoms. The van der Waals surface area contributed by atoms with Crippen LogP contribution in [0.1, 0.15) is 37.7 Å². The number of aliphatic hydroxyl groups excluding tert-OH is 1. The third-order valence-electron chi connectivity index (χ3n) is 3.59. The molecule has 2 atom stereocenters. The molecule has 0 saturated heterocycles. The molecule has 1 saturated carbocycles. The summed E-state index contributed by atoms with van der Waals surface area (Å²) in [6, 6.07) is 5.09. The average Bonchev–Trinajstić information content (AvgIpc) is 2.51. The van der Waals surface area contributed by atoms with E-state index in [4.69, 9.17) is 0 Å². The van der Waals surface area contributed by atoms with Gasteiger partial charge in [-0.05, 0) is 31.9 Å². The molecule has 0 bridgehead atoms. The van der Waals surface area contributed by atoms with Crippen LogP contribution >= 0.6 is 0 Å². The van der Waals surface area contributed by atoms with Crippen LogP contribution in [0.3, 0.4) is 0 Å². The molecule has 0 heterocycles. The number of benzene rings is 1. The van der Waals surface area contributed by atoms with Gasteiger partial charge >= 0.3 is 0 Å². The minimum Gasteiger partial charge on any atom is -0.391 e. The quantitative estimate of drug-likeness (QED) is 0.774. The van der Waals surface area contributed by atoms with Crippen molar-refractivity contribution < 1.29 is 9.50 Å². The topological polar surface area (TPSA) is 32.3 Å². The first-order chi connectivity index (χ1) is 8.18. The van der Waals surface area contributed by atoms with Crippen molar-refractivity contribution in [3.63, 3.8) is 0 Å². The van der Waals surface area contributed by atoms with Crippen LogP contribution in [-0.2, 0) is 0 Å². The molecule has 1 fully saturated rings. The Kier molecular flexibility index (Phi) is 4.00. The van der Waals surface area contributed by atoms with Crippen molar-refractivity contribution in [1.82, 2.24) is 0 Å². The molecule has 0 radical (unpaired) electrons. The predicted molar refractivity (Wildman–Crippen MR) is 67.6 cm³/mol. The van der Waals surface area contributed by atoms with Crippen LogP contribution < -0.4 is 5.32 Å². The molecule has 2 nitrogen and oxygen atoms in total. The summed E-state index contributed by atoms with van der Waals surface area (Å²) in [6.45, 7) is 1.76. The van der Waals surface area contributed by atoms with Gasteiger partial charge in [0.1, 0.15) is 5.82 Å². The normalized spacial score (nSPS) is 25.4. The van der Waals surface area contributed by atoms with E-state index in [1.54, 1.807) is 13.0 Å². The minimum absolute atomic E-state index is 0.0537. The molecule has 0 aliphatic heterocycles. The Morgan fingerprint density at radius 1 is 1.24 bits per heavy atom. The fraction of sp³-hybridized carbons (Fsp3) is 0.571. The lowest BCUT2D eigenvalue weighted by Crippen LogP contribution is -2.32. The molecule has 0 spiro atoms. The summed E-state index contributed by atoms with van der Waals surface area (Å²) in [6.07, 6.45) is 4.87. The van der Waals surface area contributed by atoms with E-state index in [2.05, 4.69) is 5.32 Å². The van der Waals surface area contributed by atoms with E-state index in [0.29, 0.717) is 5.56 Å². The van der Waals surface area contributed by atoms with E-state index in [9.17, 15) is 9.50 Å². The smallest absolute Gasteiger partial charge is 0.128 e. The van der Waals surface area contributed by atoms with Crippen molar-refractivity contribution >= 4 is 5.69 Å². The summed E-state index contributed by atoms with van der Waals surface area (Å²) in [5.74, 6) is -0.196. The Labute approximate surface area is 102 Å². The molecule has 2 rings (SSSR count). The highest BCUT2D eigenvalue weighted by Gasteiger charge is 2.21. The van der Waals surface area contributed by atoms with E-state index in [-0.39, 0.29) is 18.0 Å². The fourth-order valence-electron chi connectivity index (χ4n) is 2.42. The zero-order valence-electron chi connectivity index (χ0n) is 10.2. The Morgan fingerprint density at radius 3 is 2.82 bits per heavy atom. The van der Waals surface area contributed by atoms with Crippen molar-refractivity contribution in [3.05, 3.63) is 29.6 Å². The SMILES string of the molecule is Cc1c(F)cccc1NC1CCCCCC1O. The van der Waals surface area contributed by atoms with Crippen molar-refractivity contribution in [3.8, 4) is 0 Å². The number of nitrogens with one attached hydrogen (secondary N) is 1. The molecule has 2 N–H and O–H groups in total. The van der Waals surface area contributed by atoms with Crippen LogP contribution in [0, 0.1) is 12.7 Å². The molecular formula is C14H20FNO. The van der Waals surface area contributed by atoms with Crippen LogP contribution in [0.25, 0.3) is 0 Å². The minimum atomic E-state index is -0.319. The molecule has 1 aromatic rings. The van der Waals surface area contributed by atoms with Gasteiger partial charge in [-0.1, -0.05) is 25.3 Å². The molecule has 1 aliphatic carbocycles. The third-order valence-corrected chi connectivity index (χ3v) is 3.59. The van der Waals surface area contributed by atoms with Crippen LogP contribution in [0.2, 0.25) is 0 Å². The molecule has 0 aromatic heterocycles. The lowest BCUT2D eigenvalue weighted by molar-refractivity contribution is 0.144. The zero-order valence-corrected chi connectivity index (χ0v) is 10.2. The van der Waals surface area contributed by atoms with Gasteiger partial charge in [0.15, 0.2) is 0 Å². The maximum atomic E-state index is 13.4. The monoisotopic (exact) mass is 237 g/mol. The molecule has 1 aromatic carbocycles. The second-order valence-corrected chi connectivity index (χ2v) is 4.87. The van der Waals surface area contributed by atoms with Gasteiger partial charge in [-0.15, -0.1) is 0 Å². The van der Waals surface area contributed by atoms with Crippen molar-refractivity contribution in [2.24, 2.45) is 0 Å². The van der Waals surface area contributed by atoms with Gasteiger partial charge < -0.3 is 10.4 Å². The van der Waals surface area contributed by atoms with E-state index >= 15 is 0 Å². The Morgan fingerprint density at radius 2 is 2.00 bits per heavy atom. The van der Waals surface area contributed by atoms with Gasteiger partial charge in [0.2, 0.25) is 0 Å². The second kappa shape index (κ2) is 5.50. The van der Waals surface area contributed by atoms with Gasteiger partial charge in [0.25, 0.3) is 0 Å². The maximum Gasteiger partial charge on any atom is 0.128 e.